The van der Waals surface area contributed by atoms with Crippen LogP contribution in [0.25, 0.3) is 0 Å². The molecule has 0 heterocycles. The van der Waals surface area contributed by atoms with Crippen LogP contribution in [0, 0.1) is 0 Å². The lowest BCUT2D eigenvalue weighted by molar-refractivity contribution is -0.139. The molecule has 2 aromatic carbocycles. The lowest BCUT2D eigenvalue weighted by atomic mass is 10.2. The number of likely N-dealkylation sites (N-methyl/N-ethyl adjacent to an activating group) is 1. The summed E-state index contributed by atoms with van der Waals surface area (Å²) in [6.45, 7) is 1.87. The molecule has 0 aliphatic carbocycles. The van der Waals surface area contributed by atoms with Crippen LogP contribution in [-0.4, -0.2) is 54.4 Å². The molecule has 0 atom stereocenters. The van der Waals surface area contributed by atoms with Crippen LogP contribution < -0.4 is 10.0 Å². The second-order valence-corrected chi connectivity index (χ2v) is 11.1. The fourth-order valence-corrected chi connectivity index (χ4v) is 5.55. The molecule has 0 radical (unpaired) electrons. The highest BCUT2D eigenvalue weighted by Gasteiger charge is 2.38. The molecule has 0 aromatic heterocycles. The maximum absolute atomic E-state index is 13.5. The van der Waals surface area contributed by atoms with Gasteiger partial charge in [-0.15, -0.1) is 0 Å². The van der Waals surface area contributed by atoms with Crippen molar-refractivity contribution in [3.63, 3.8) is 0 Å². The number of carbonyl (C=O) groups excluding carboxylic acids is 1. The summed E-state index contributed by atoms with van der Waals surface area (Å²) in [5, 5.41) is 2.63. The van der Waals surface area contributed by atoms with E-state index < -0.39 is 47.4 Å². The molecule has 188 valence electrons. The van der Waals surface area contributed by atoms with Crippen molar-refractivity contribution >= 4 is 25.9 Å². The molecule has 0 fully saturated rings. The van der Waals surface area contributed by atoms with Crippen molar-refractivity contribution < 1.29 is 34.8 Å². The Balaban J connectivity index is 2.30. The number of alkyl halides is 3. The van der Waals surface area contributed by atoms with Crippen molar-refractivity contribution in [1.82, 2.24) is 14.9 Å². The average molecular weight is 522 g/mol. The van der Waals surface area contributed by atoms with E-state index in [9.17, 15) is 34.8 Å². The molecule has 8 nitrogen and oxygen atoms in total. The van der Waals surface area contributed by atoms with E-state index in [4.69, 9.17) is 0 Å². The van der Waals surface area contributed by atoms with Gasteiger partial charge in [0.2, 0.25) is 19.9 Å². The van der Waals surface area contributed by atoms with E-state index in [1.165, 1.54) is 36.2 Å². The van der Waals surface area contributed by atoms with E-state index in [-0.39, 0.29) is 18.0 Å². The predicted octanol–water partition coefficient (Wildman–Crippen LogP) is 3.26. The largest absolute Gasteiger partial charge is 0.417 e. The van der Waals surface area contributed by atoms with Gasteiger partial charge in [0.25, 0.3) is 0 Å². The Labute approximate surface area is 197 Å². The van der Waals surface area contributed by atoms with Gasteiger partial charge >= 0.3 is 12.2 Å². The first-order chi connectivity index (χ1) is 15.8. The molecule has 0 saturated carbocycles. The lowest BCUT2D eigenvalue weighted by Gasteiger charge is -2.19. The number of hydrogen-bond acceptors (Lipinski definition) is 5. The number of rotatable bonds is 10. The molecule has 13 heteroatoms. The molecule has 2 rings (SSSR count). The molecular weight excluding hydrogens is 495 g/mol. The average Bonchev–Trinajstić information content (AvgIpc) is 2.78. The molecule has 0 saturated heterocycles. The summed E-state index contributed by atoms with van der Waals surface area (Å²) in [7, 11) is -7.63. The Kier molecular flexibility index (Phi) is 9.08. The maximum atomic E-state index is 13.5. The Morgan fingerprint density at radius 3 is 2.21 bits per heavy atom. The first-order valence-electron chi connectivity index (χ1n) is 10.3. The minimum Gasteiger partial charge on any atom is -0.338 e. The molecule has 34 heavy (non-hydrogen) atoms. The van der Waals surface area contributed by atoms with E-state index in [0.717, 1.165) is 18.9 Å². The quantitative estimate of drug-likeness (QED) is 0.466. The summed E-state index contributed by atoms with van der Waals surface area (Å²) < 4.78 is 93.7. The first-order valence-corrected chi connectivity index (χ1v) is 13.3. The third kappa shape index (κ3) is 6.93. The molecule has 0 bridgehead atoms. The van der Waals surface area contributed by atoms with Crippen LogP contribution in [0.3, 0.4) is 0 Å². The van der Waals surface area contributed by atoms with E-state index in [1.54, 1.807) is 6.07 Å². The smallest absolute Gasteiger partial charge is 0.338 e. The summed E-state index contributed by atoms with van der Waals surface area (Å²) in [6, 6.07) is 8.12. The molecule has 2 amide bonds. The van der Waals surface area contributed by atoms with Gasteiger partial charge in [-0.3, -0.25) is 0 Å². The summed E-state index contributed by atoms with van der Waals surface area (Å²) in [5.74, 6) is 0. The number of hydrogen-bond donors (Lipinski definition) is 2. The van der Waals surface area contributed by atoms with Crippen molar-refractivity contribution in [2.75, 3.05) is 26.7 Å². The number of sulfone groups is 1. The van der Waals surface area contributed by atoms with Crippen LogP contribution in [0.1, 0.15) is 25.3 Å². The minimum absolute atomic E-state index is 0.124. The number of halogens is 3. The van der Waals surface area contributed by atoms with Crippen molar-refractivity contribution in [3.8, 4) is 0 Å². The maximum Gasteiger partial charge on any atom is 0.417 e. The highest BCUT2D eigenvalue weighted by Crippen LogP contribution is 2.36. The number of amides is 2. The molecule has 0 aliphatic heterocycles. The highest BCUT2D eigenvalue weighted by molar-refractivity contribution is 7.91. The minimum atomic E-state index is -5.05. The number of nitrogens with one attached hydrogen (secondary N) is 2. The van der Waals surface area contributed by atoms with Crippen LogP contribution in [0.4, 0.5) is 18.0 Å². The van der Waals surface area contributed by atoms with Gasteiger partial charge in [0, 0.05) is 26.7 Å². The van der Waals surface area contributed by atoms with Gasteiger partial charge in [-0.1, -0.05) is 31.5 Å². The summed E-state index contributed by atoms with van der Waals surface area (Å²) in [6.07, 6.45) is -3.42. The normalized spacial score (nSPS) is 12.4. The molecule has 2 N–H and O–H groups in total. The molecule has 0 spiro atoms. The number of benzene rings is 2. The third-order valence-corrected chi connectivity index (χ3v) is 8.07. The zero-order chi connectivity index (χ0) is 25.6. The standard InChI is InChI=1S/C21H26F3N3O5S2/c1-3-4-12-25-20(28)27(2)14-13-26-34(31,32)19-15-17(10-11-18(19)21(22,23)24)33(29,30)16-8-6-5-7-9-16/h5-11,15,26H,3-4,12-14H2,1-2H3,(H,25,28). The van der Waals surface area contributed by atoms with Gasteiger partial charge in [-0.2, -0.15) is 13.2 Å². The molecule has 2 aromatic rings. The van der Waals surface area contributed by atoms with Crippen LogP contribution in [0.5, 0.6) is 0 Å². The van der Waals surface area contributed by atoms with Gasteiger partial charge in [-0.25, -0.2) is 26.4 Å². The van der Waals surface area contributed by atoms with Crippen LogP contribution in [-0.2, 0) is 26.0 Å². The van der Waals surface area contributed by atoms with Crippen molar-refractivity contribution in [2.24, 2.45) is 0 Å². The zero-order valence-electron chi connectivity index (χ0n) is 18.6. The number of urea groups is 1. The fraction of sp³-hybridized carbons (Fsp3) is 0.381. The Hall–Kier alpha value is -2.64. The van der Waals surface area contributed by atoms with Gasteiger partial charge in [-0.05, 0) is 36.8 Å². The molecule has 0 unspecified atom stereocenters. The summed E-state index contributed by atoms with van der Waals surface area (Å²) in [4.78, 5) is 11.1. The monoisotopic (exact) mass is 521 g/mol. The highest BCUT2D eigenvalue weighted by atomic mass is 32.2. The molecule has 0 aliphatic rings. The fourth-order valence-electron chi connectivity index (χ4n) is 2.90. The first kappa shape index (κ1) is 27.6. The number of nitrogens with zero attached hydrogens (tertiary/aromatic N) is 1. The van der Waals surface area contributed by atoms with E-state index in [0.29, 0.717) is 18.7 Å². The predicted molar refractivity (Wildman–Crippen MR) is 119 cm³/mol. The Morgan fingerprint density at radius 1 is 0.971 bits per heavy atom. The summed E-state index contributed by atoms with van der Waals surface area (Å²) >= 11 is 0. The SMILES string of the molecule is CCCCNC(=O)N(C)CCNS(=O)(=O)c1cc(S(=O)(=O)c2ccccc2)ccc1C(F)(F)F. The second kappa shape index (κ2) is 11.2. The second-order valence-electron chi connectivity index (χ2n) is 7.38. The Bertz CT molecular complexity index is 1200. The third-order valence-electron chi connectivity index (χ3n) is 4.80. The molecular formula is C21H26F3N3O5S2. The van der Waals surface area contributed by atoms with E-state index >= 15 is 0 Å². The van der Waals surface area contributed by atoms with Gasteiger partial charge in [0.1, 0.15) is 0 Å². The van der Waals surface area contributed by atoms with Crippen LogP contribution in [0.2, 0.25) is 0 Å². The van der Waals surface area contributed by atoms with Crippen LogP contribution >= 0.6 is 0 Å². The zero-order valence-corrected chi connectivity index (χ0v) is 20.2. The van der Waals surface area contributed by atoms with Crippen LogP contribution in [0.15, 0.2) is 63.2 Å². The summed E-state index contributed by atoms with van der Waals surface area (Å²) in [5.41, 5.74) is -1.50. The van der Waals surface area contributed by atoms with Crippen molar-refractivity contribution in [3.05, 3.63) is 54.1 Å². The number of sulfonamides is 1. The van der Waals surface area contributed by atoms with E-state index in [1.807, 2.05) is 11.6 Å². The van der Waals surface area contributed by atoms with Gasteiger partial charge in [0.15, 0.2) is 0 Å². The Morgan fingerprint density at radius 2 is 1.62 bits per heavy atom. The lowest BCUT2D eigenvalue weighted by Crippen LogP contribution is -2.42. The van der Waals surface area contributed by atoms with E-state index in [2.05, 4.69) is 5.32 Å². The topological polar surface area (TPSA) is 113 Å². The van der Waals surface area contributed by atoms with Crippen molar-refractivity contribution in [2.45, 2.75) is 40.6 Å². The number of unbranched alkanes of at least 4 members (excludes halogenated alkanes) is 1. The number of carbonyl (C=O) groups is 1. The van der Waals surface area contributed by atoms with Gasteiger partial charge < -0.3 is 10.2 Å². The van der Waals surface area contributed by atoms with Gasteiger partial charge in [0.05, 0.1) is 20.2 Å². The van der Waals surface area contributed by atoms with Crippen molar-refractivity contribution in [1.29, 1.82) is 0 Å².